The molecule has 1 unspecified atom stereocenters. The van der Waals surface area contributed by atoms with Crippen LogP contribution in [-0.2, 0) is 6.54 Å². The molecule has 0 saturated carbocycles. The summed E-state index contributed by atoms with van der Waals surface area (Å²) in [6, 6.07) is 11.4. The average Bonchev–Trinajstić information content (AvgIpc) is 3.10. The van der Waals surface area contributed by atoms with Gasteiger partial charge in [0.2, 0.25) is 0 Å². The molecule has 0 spiro atoms. The molecule has 1 atom stereocenters. The molecule has 2 heterocycles. The molecule has 0 bridgehead atoms. The quantitative estimate of drug-likeness (QED) is 0.431. The lowest BCUT2D eigenvalue weighted by Crippen LogP contribution is -2.22. The van der Waals surface area contributed by atoms with E-state index < -0.39 is 0 Å². The van der Waals surface area contributed by atoms with Crippen LogP contribution in [0.4, 0.5) is 5.69 Å². The summed E-state index contributed by atoms with van der Waals surface area (Å²) in [5.74, 6) is -0.130. The number of carbonyl (C=O) groups is 1. The number of nitrogens with zero attached hydrogens (tertiary/aromatic N) is 1. The zero-order valence-corrected chi connectivity index (χ0v) is 14.8. The predicted molar refractivity (Wildman–Crippen MR) is 104 cm³/mol. The SMILES string of the molecule is CN(C)Cc1[nH]c2ccccc2c1C1NC(=O)c2cc(C=N)c(N)cc21. The Labute approximate surface area is 151 Å². The van der Waals surface area contributed by atoms with Crippen LogP contribution < -0.4 is 11.1 Å². The number of hydrogen-bond donors (Lipinski definition) is 4. The van der Waals surface area contributed by atoms with Crippen LogP contribution in [0.5, 0.6) is 0 Å². The van der Waals surface area contributed by atoms with Gasteiger partial charge in [-0.25, -0.2) is 0 Å². The van der Waals surface area contributed by atoms with E-state index >= 15 is 0 Å². The van der Waals surface area contributed by atoms with Gasteiger partial charge in [0, 0.05) is 51.7 Å². The number of aromatic amines is 1. The summed E-state index contributed by atoms with van der Waals surface area (Å²) in [5.41, 5.74) is 11.8. The van der Waals surface area contributed by atoms with Crippen LogP contribution >= 0.6 is 0 Å². The van der Waals surface area contributed by atoms with Gasteiger partial charge in [-0.15, -0.1) is 0 Å². The topological polar surface area (TPSA) is 98.0 Å². The van der Waals surface area contributed by atoms with Crippen molar-refractivity contribution in [2.75, 3.05) is 19.8 Å². The zero-order chi connectivity index (χ0) is 18.4. The number of H-pyrrole nitrogens is 1. The van der Waals surface area contributed by atoms with Gasteiger partial charge in [-0.2, -0.15) is 0 Å². The molecule has 1 aromatic heterocycles. The third-order valence-corrected chi connectivity index (χ3v) is 4.83. The van der Waals surface area contributed by atoms with Gasteiger partial charge in [0.05, 0.1) is 6.04 Å². The summed E-state index contributed by atoms with van der Waals surface area (Å²) < 4.78 is 0. The van der Waals surface area contributed by atoms with Gasteiger partial charge < -0.3 is 26.3 Å². The maximum Gasteiger partial charge on any atom is 0.252 e. The van der Waals surface area contributed by atoms with Crippen LogP contribution in [-0.4, -0.2) is 36.1 Å². The number of amides is 1. The maximum absolute atomic E-state index is 12.6. The number of hydrogen-bond acceptors (Lipinski definition) is 4. The standard InChI is InChI=1S/C20H21N5O/c1-25(2)10-17-18(12-5-3-4-6-16(12)23-17)19-13-8-15(22)11(9-21)7-14(13)20(26)24-19/h3-9,19,21,23H,10,22H2,1-2H3,(H,24,26). The number of aromatic nitrogens is 1. The number of nitrogen functional groups attached to an aromatic ring is 1. The highest BCUT2D eigenvalue weighted by Crippen LogP contribution is 2.38. The molecule has 6 nitrogen and oxygen atoms in total. The van der Waals surface area contributed by atoms with Crippen LogP contribution in [0.1, 0.15) is 38.8 Å². The second-order valence-electron chi connectivity index (χ2n) is 6.92. The van der Waals surface area contributed by atoms with E-state index in [1.165, 1.54) is 6.21 Å². The lowest BCUT2D eigenvalue weighted by molar-refractivity contribution is 0.0960. The highest BCUT2D eigenvalue weighted by atomic mass is 16.2. The fourth-order valence-corrected chi connectivity index (χ4v) is 3.72. The summed E-state index contributed by atoms with van der Waals surface area (Å²) >= 11 is 0. The van der Waals surface area contributed by atoms with Crippen molar-refractivity contribution in [3.63, 3.8) is 0 Å². The summed E-state index contributed by atoms with van der Waals surface area (Å²) in [6.07, 6.45) is 1.18. The Balaban J connectivity index is 1.94. The van der Waals surface area contributed by atoms with E-state index in [1.54, 1.807) is 6.07 Å². The molecule has 1 amide bonds. The molecule has 5 N–H and O–H groups in total. The monoisotopic (exact) mass is 347 g/mol. The first-order valence-corrected chi connectivity index (χ1v) is 8.48. The summed E-state index contributed by atoms with van der Waals surface area (Å²) in [6.45, 7) is 0.736. The summed E-state index contributed by atoms with van der Waals surface area (Å²) in [4.78, 5) is 18.2. The number of carbonyl (C=O) groups excluding carboxylic acids is 1. The Kier molecular flexibility index (Phi) is 3.77. The molecule has 4 rings (SSSR count). The van der Waals surface area contributed by atoms with Crippen molar-refractivity contribution in [2.45, 2.75) is 12.6 Å². The minimum atomic E-state index is -0.259. The lowest BCUT2D eigenvalue weighted by Gasteiger charge is -2.17. The first-order chi connectivity index (χ1) is 12.5. The second-order valence-corrected chi connectivity index (χ2v) is 6.92. The van der Waals surface area contributed by atoms with Gasteiger partial charge in [-0.3, -0.25) is 4.79 Å². The predicted octanol–water partition coefficient (Wildman–Crippen LogP) is 2.64. The van der Waals surface area contributed by atoms with E-state index in [2.05, 4.69) is 21.3 Å². The number of nitrogens with one attached hydrogen (secondary N) is 3. The molecule has 26 heavy (non-hydrogen) atoms. The first kappa shape index (κ1) is 16.4. The van der Waals surface area contributed by atoms with E-state index in [0.717, 1.165) is 34.3 Å². The minimum Gasteiger partial charge on any atom is -0.398 e. The second kappa shape index (κ2) is 6.00. The molecule has 1 aliphatic heterocycles. The molecule has 0 fully saturated rings. The third-order valence-electron chi connectivity index (χ3n) is 4.83. The van der Waals surface area contributed by atoms with Crippen molar-refractivity contribution < 1.29 is 4.79 Å². The fourth-order valence-electron chi connectivity index (χ4n) is 3.72. The maximum atomic E-state index is 12.6. The van der Waals surface area contributed by atoms with E-state index in [9.17, 15) is 4.79 Å². The zero-order valence-electron chi connectivity index (χ0n) is 14.8. The van der Waals surface area contributed by atoms with Crippen molar-refractivity contribution in [3.8, 4) is 0 Å². The van der Waals surface area contributed by atoms with Crippen molar-refractivity contribution in [1.82, 2.24) is 15.2 Å². The number of anilines is 1. The van der Waals surface area contributed by atoms with Crippen molar-refractivity contribution >= 4 is 28.7 Å². The number of fused-ring (bicyclic) bond motifs is 2. The Morgan fingerprint density at radius 2 is 2.04 bits per heavy atom. The number of para-hydroxylation sites is 1. The third kappa shape index (κ3) is 2.46. The van der Waals surface area contributed by atoms with Gasteiger partial charge in [0.1, 0.15) is 0 Å². The van der Waals surface area contributed by atoms with Crippen LogP contribution in [0, 0.1) is 5.41 Å². The van der Waals surface area contributed by atoms with E-state index in [-0.39, 0.29) is 11.9 Å². The molecule has 3 aromatic rings. The molecule has 0 radical (unpaired) electrons. The molecule has 0 saturated heterocycles. The van der Waals surface area contributed by atoms with Gasteiger partial charge in [-0.05, 0) is 37.9 Å². The van der Waals surface area contributed by atoms with Gasteiger partial charge in [-0.1, -0.05) is 18.2 Å². The Morgan fingerprint density at radius 3 is 2.77 bits per heavy atom. The molecular formula is C20H21N5O. The van der Waals surface area contributed by atoms with Gasteiger partial charge in [0.15, 0.2) is 0 Å². The molecule has 132 valence electrons. The first-order valence-electron chi connectivity index (χ1n) is 8.48. The molecule has 1 aliphatic rings. The molecular weight excluding hydrogens is 326 g/mol. The van der Waals surface area contributed by atoms with E-state index in [0.29, 0.717) is 16.8 Å². The fraction of sp³-hybridized carbons (Fsp3) is 0.200. The largest absolute Gasteiger partial charge is 0.398 e. The van der Waals surface area contributed by atoms with Crippen molar-refractivity contribution in [1.29, 1.82) is 5.41 Å². The van der Waals surface area contributed by atoms with E-state index in [4.69, 9.17) is 11.1 Å². The van der Waals surface area contributed by atoms with Crippen molar-refractivity contribution in [2.24, 2.45) is 0 Å². The normalized spacial score (nSPS) is 16.1. The molecule has 6 heteroatoms. The minimum absolute atomic E-state index is 0.130. The number of benzene rings is 2. The summed E-state index contributed by atoms with van der Waals surface area (Å²) in [7, 11) is 4.04. The smallest absolute Gasteiger partial charge is 0.252 e. The average molecular weight is 347 g/mol. The number of rotatable bonds is 4. The van der Waals surface area contributed by atoms with Gasteiger partial charge >= 0.3 is 0 Å². The molecule has 2 aromatic carbocycles. The van der Waals surface area contributed by atoms with Crippen LogP contribution in [0.3, 0.4) is 0 Å². The van der Waals surface area contributed by atoms with E-state index in [1.807, 2.05) is 38.4 Å². The van der Waals surface area contributed by atoms with Gasteiger partial charge in [0.25, 0.3) is 5.91 Å². The Morgan fingerprint density at radius 1 is 1.27 bits per heavy atom. The molecule has 0 aliphatic carbocycles. The highest BCUT2D eigenvalue weighted by molar-refractivity contribution is 6.03. The van der Waals surface area contributed by atoms with Crippen molar-refractivity contribution in [3.05, 3.63) is 64.3 Å². The summed E-state index contributed by atoms with van der Waals surface area (Å²) in [5, 5.41) is 11.7. The van der Waals surface area contributed by atoms with Crippen LogP contribution in [0.2, 0.25) is 0 Å². The Bertz CT molecular complexity index is 1030. The lowest BCUT2D eigenvalue weighted by atomic mass is 9.94. The highest BCUT2D eigenvalue weighted by Gasteiger charge is 2.33. The Hall–Kier alpha value is -3.12. The number of nitrogens with two attached hydrogens (primary N) is 1. The van der Waals surface area contributed by atoms with Crippen LogP contribution in [0.15, 0.2) is 36.4 Å². The van der Waals surface area contributed by atoms with Crippen LogP contribution in [0.25, 0.3) is 10.9 Å².